The molecule has 17 heavy (non-hydrogen) atoms. The zero-order valence-corrected chi connectivity index (χ0v) is 10.6. The summed E-state index contributed by atoms with van der Waals surface area (Å²) in [5, 5.41) is 0.714. The van der Waals surface area contributed by atoms with Crippen LogP contribution in [0.3, 0.4) is 0 Å². The minimum atomic E-state index is 0.529. The van der Waals surface area contributed by atoms with Crippen molar-refractivity contribution >= 4 is 17.3 Å². The topological polar surface area (TPSA) is 44.5 Å². The third-order valence-electron chi connectivity index (χ3n) is 3.02. The molecule has 2 N–H and O–H groups in total. The van der Waals surface area contributed by atoms with Crippen LogP contribution in [0.5, 0.6) is 0 Å². The zero-order valence-electron chi connectivity index (χ0n) is 9.82. The van der Waals surface area contributed by atoms with E-state index in [1.165, 1.54) is 0 Å². The molecule has 1 aromatic rings. The highest BCUT2D eigenvalue weighted by atomic mass is 35.5. The van der Waals surface area contributed by atoms with Gasteiger partial charge in [0.2, 0.25) is 0 Å². The van der Waals surface area contributed by atoms with Crippen LogP contribution >= 0.6 is 11.6 Å². The van der Waals surface area contributed by atoms with E-state index in [0.29, 0.717) is 17.5 Å². The van der Waals surface area contributed by atoms with Gasteiger partial charge in [0.1, 0.15) is 0 Å². The van der Waals surface area contributed by atoms with E-state index < -0.39 is 0 Å². The van der Waals surface area contributed by atoms with Gasteiger partial charge in [0, 0.05) is 23.9 Å². The number of benzene rings is 1. The van der Waals surface area contributed by atoms with Crippen LogP contribution in [-0.4, -0.2) is 19.8 Å². The minimum Gasteiger partial charge on any atom is -0.399 e. The van der Waals surface area contributed by atoms with Crippen molar-refractivity contribution in [3.63, 3.8) is 0 Å². The van der Waals surface area contributed by atoms with Gasteiger partial charge in [-0.1, -0.05) is 11.6 Å². The van der Waals surface area contributed by atoms with E-state index in [2.05, 4.69) is 0 Å². The first kappa shape index (κ1) is 12.7. The molecule has 0 saturated carbocycles. The molecular weight excluding hydrogens is 238 g/mol. The summed E-state index contributed by atoms with van der Waals surface area (Å²) in [6.07, 6.45) is 2.18. The lowest BCUT2D eigenvalue weighted by molar-refractivity contribution is 0.0157. The van der Waals surface area contributed by atoms with Crippen LogP contribution in [-0.2, 0) is 16.1 Å². The van der Waals surface area contributed by atoms with Crippen LogP contribution in [0, 0.1) is 5.92 Å². The molecule has 4 heteroatoms. The molecule has 0 atom stereocenters. The van der Waals surface area contributed by atoms with Gasteiger partial charge in [0.25, 0.3) is 0 Å². The normalized spacial score (nSPS) is 17.2. The van der Waals surface area contributed by atoms with Gasteiger partial charge in [-0.05, 0) is 42.5 Å². The van der Waals surface area contributed by atoms with E-state index in [1.54, 1.807) is 6.07 Å². The van der Waals surface area contributed by atoms with Gasteiger partial charge in [0.15, 0.2) is 0 Å². The second-order valence-electron chi connectivity index (χ2n) is 4.42. The molecule has 0 spiro atoms. The highest BCUT2D eigenvalue weighted by molar-refractivity contribution is 6.31. The summed E-state index contributed by atoms with van der Waals surface area (Å²) in [6.45, 7) is 3.01. The Hall–Kier alpha value is -0.770. The number of nitrogen functional groups attached to an aromatic ring is 1. The molecule has 3 nitrogen and oxygen atoms in total. The van der Waals surface area contributed by atoms with Crippen LogP contribution in [0.2, 0.25) is 5.02 Å². The van der Waals surface area contributed by atoms with E-state index in [9.17, 15) is 0 Å². The van der Waals surface area contributed by atoms with Gasteiger partial charge in [-0.2, -0.15) is 0 Å². The van der Waals surface area contributed by atoms with Gasteiger partial charge in [-0.3, -0.25) is 0 Å². The van der Waals surface area contributed by atoms with Crippen molar-refractivity contribution in [1.82, 2.24) is 0 Å². The Morgan fingerprint density at radius 3 is 2.88 bits per heavy atom. The van der Waals surface area contributed by atoms with Crippen LogP contribution in [0.25, 0.3) is 0 Å². The smallest absolute Gasteiger partial charge is 0.0732 e. The maximum Gasteiger partial charge on any atom is 0.0732 e. The summed E-state index contributed by atoms with van der Waals surface area (Å²) < 4.78 is 11.0. The maximum absolute atomic E-state index is 6.06. The third-order valence-corrected chi connectivity index (χ3v) is 3.39. The number of halogens is 1. The molecule has 0 radical (unpaired) electrons. The average molecular weight is 256 g/mol. The van der Waals surface area contributed by atoms with Crippen LogP contribution < -0.4 is 5.73 Å². The lowest BCUT2D eigenvalue weighted by atomic mass is 10.0. The standard InChI is InChI=1S/C13H18ClNO2/c14-13-2-1-12(15)7-11(13)9-17-8-10-3-5-16-6-4-10/h1-2,7,10H,3-6,8-9,15H2. The molecule has 1 heterocycles. The van der Waals surface area contributed by atoms with Crippen molar-refractivity contribution < 1.29 is 9.47 Å². The van der Waals surface area contributed by atoms with Crippen LogP contribution in [0.1, 0.15) is 18.4 Å². The molecule has 1 aliphatic heterocycles. The summed E-state index contributed by atoms with van der Waals surface area (Å²) in [6, 6.07) is 5.47. The Kier molecular flexibility index (Phi) is 4.66. The Morgan fingerprint density at radius 2 is 2.12 bits per heavy atom. The van der Waals surface area contributed by atoms with Crippen molar-refractivity contribution in [1.29, 1.82) is 0 Å². The predicted molar refractivity (Wildman–Crippen MR) is 69.1 cm³/mol. The van der Waals surface area contributed by atoms with Crippen molar-refractivity contribution in [2.45, 2.75) is 19.4 Å². The Bertz CT molecular complexity index is 364. The zero-order chi connectivity index (χ0) is 12.1. The first-order valence-corrected chi connectivity index (χ1v) is 6.33. The Labute approximate surface area is 107 Å². The van der Waals surface area contributed by atoms with E-state index in [0.717, 1.165) is 43.9 Å². The van der Waals surface area contributed by atoms with Gasteiger partial charge in [0.05, 0.1) is 13.2 Å². The summed E-state index contributed by atoms with van der Waals surface area (Å²) in [4.78, 5) is 0. The molecule has 1 fully saturated rings. The van der Waals surface area contributed by atoms with Gasteiger partial charge in [-0.15, -0.1) is 0 Å². The Morgan fingerprint density at radius 1 is 1.35 bits per heavy atom. The van der Waals surface area contributed by atoms with Crippen LogP contribution in [0.15, 0.2) is 18.2 Å². The fraction of sp³-hybridized carbons (Fsp3) is 0.538. The SMILES string of the molecule is Nc1ccc(Cl)c(COCC2CCOCC2)c1. The van der Waals surface area contributed by atoms with E-state index in [4.69, 9.17) is 26.8 Å². The van der Waals surface area contributed by atoms with Crippen molar-refractivity contribution in [2.75, 3.05) is 25.6 Å². The molecule has 0 aromatic heterocycles. The number of anilines is 1. The van der Waals surface area contributed by atoms with Gasteiger partial charge < -0.3 is 15.2 Å². The molecule has 2 rings (SSSR count). The second kappa shape index (κ2) is 6.24. The van der Waals surface area contributed by atoms with Crippen molar-refractivity contribution in [3.8, 4) is 0 Å². The summed E-state index contributed by atoms with van der Waals surface area (Å²) in [5.74, 6) is 0.614. The first-order chi connectivity index (χ1) is 8.25. The number of hydrogen-bond donors (Lipinski definition) is 1. The summed E-state index contributed by atoms with van der Waals surface area (Å²) in [5.41, 5.74) is 7.39. The van der Waals surface area contributed by atoms with Crippen molar-refractivity contribution in [2.24, 2.45) is 5.92 Å². The van der Waals surface area contributed by atoms with Crippen LogP contribution in [0.4, 0.5) is 5.69 Å². The highest BCUT2D eigenvalue weighted by Crippen LogP contribution is 2.21. The lowest BCUT2D eigenvalue weighted by Crippen LogP contribution is -2.20. The minimum absolute atomic E-state index is 0.529. The van der Waals surface area contributed by atoms with Gasteiger partial charge >= 0.3 is 0 Å². The lowest BCUT2D eigenvalue weighted by Gasteiger charge is -2.21. The molecule has 0 amide bonds. The number of nitrogens with two attached hydrogens (primary N) is 1. The molecule has 94 valence electrons. The van der Waals surface area contributed by atoms with E-state index in [1.807, 2.05) is 12.1 Å². The van der Waals surface area contributed by atoms with E-state index >= 15 is 0 Å². The number of rotatable bonds is 4. The Balaban J connectivity index is 1.79. The highest BCUT2D eigenvalue weighted by Gasteiger charge is 2.13. The molecule has 0 unspecified atom stereocenters. The second-order valence-corrected chi connectivity index (χ2v) is 4.83. The molecule has 1 saturated heterocycles. The maximum atomic E-state index is 6.06. The molecular formula is C13H18ClNO2. The predicted octanol–water partition coefficient (Wildman–Crippen LogP) is 2.87. The number of ether oxygens (including phenoxy) is 2. The fourth-order valence-electron chi connectivity index (χ4n) is 1.95. The number of hydrogen-bond acceptors (Lipinski definition) is 3. The molecule has 1 aliphatic rings. The van der Waals surface area contributed by atoms with Crippen molar-refractivity contribution in [3.05, 3.63) is 28.8 Å². The summed E-state index contributed by atoms with van der Waals surface area (Å²) >= 11 is 6.06. The first-order valence-electron chi connectivity index (χ1n) is 5.95. The van der Waals surface area contributed by atoms with E-state index in [-0.39, 0.29) is 0 Å². The fourth-order valence-corrected chi connectivity index (χ4v) is 2.13. The largest absolute Gasteiger partial charge is 0.399 e. The molecule has 0 aliphatic carbocycles. The quantitative estimate of drug-likeness (QED) is 0.842. The third kappa shape index (κ3) is 3.87. The summed E-state index contributed by atoms with van der Waals surface area (Å²) in [7, 11) is 0. The monoisotopic (exact) mass is 255 g/mol. The molecule has 1 aromatic carbocycles. The van der Waals surface area contributed by atoms with Gasteiger partial charge in [-0.25, -0.2) is 0 Å². The molecule has 0 bridgehead atoms. The average Bonchev–Trinajstić information content (AvgIpc) is 2.35.